The number of nitrogens with one attached hydrogen (secondary N) is 1. The minimum atomic E-state index is -3.98. The summed E-state index contributed by atoms with van der Waals surface area (Å²) in [5, 5.41) is 13.4. The van der Waals surface area contributed by atoms with Gasteiger partial charge in [0.2, 0.25) is 0 Å². The van der Waals surface area contributed by atoms with E-state index in [1.807, 2.05) is 33.9 Å². The molecular weight excluding hydrogens is 487 g/mol. The summed E-state index contributed by atoms with van der Waals surface area (Å²) in [6.07, 6.45) is -0.359. The maximum Gasteiger partial charge on any atom is 0.269 e. The molecule has 0 heterocycles. The van der Waals surface area contributed by atoms with Gasteiger partial charge in [-0.15, -0.1) is 0 Å². The summed E-state index contributed by atoms with van der Waals surface area (Å²) in [6.45, 7) is 10.00. The maximum absolute atomic E-state index is 12.2. The minimum absolute atomic E-state index is 0.0834. The molecule has 0 aliphatic rings. The van der Waals surface area contributed by atoms with Crippen molar-refractivity contribution in [1.82, 2.24) is 5.32 Å². The highest BCUT2D eigenvalue weighted by Gasteiger charge is 2.39. The quantitative estimate of drug-likeness (QED) is 0.165. The third-order valence-electron chi connectivity index (χ3n) is 5.03. The van der Waals surface area contributed by atoms with Crippen molar-refractivity contribution in [3.8, 4) is 0 Å². The average Bonchev–Trinajstić information content (AvgIpc) is 2.61. The van der Waals surface area contributed by atoms with Crippen molar-refractivity contribution in [3.63, 3.8) is 0 Å². The van der Waals surface area contributed by atoms with Crippen molar-refractivity contribution in [1.29, 1.82) is 0 Å². The normalized spacial score (nSPS) is 14.9. The molecule has 2 atom stereocenters. The lowest BCUT2D eigenvalue weighted by atomic mass is 10.0. The molecular formula is C18H28Cl2N2O7SSi. The lowest BCUT2D eigenvalue weighted by molar-refractivity contribution is -0.384. The fourth-order valence-corrected chi connectivity index (χ4v) is 4.07. The number of carbonyl (C=O) groups excluding carboxylic acids is 1. The first-order chi connectivity index (χ1) is 13.9. The topological polar surface area (TPSA) is 125 Å². The number of hydrogen-bond donors (Lipinski definition) is 1. The number of nitro benzene ring substituents is 1. The third kappa shape index (κ3) is 8.66. The van der Waals surface area contributed by atoms with Gasteiger partial charge in [-0.1, -0.05) is 44.0 Å². The summed E-state index contributed by atoms with van der Waals surface area (Å²) in [5.74, 6) is -0.754. The zero-order valence-electron chi connectivity index (χ0n) is 18.2. The predicted molar refractivity (Wildman–Crippen MR) is 122 cm³/mol. The highest BCUT2D eigenvalue weighted by molar-refractivity contribution is 7.86. The molecule has 13 heteroatoms. The van der Waals surface area contributed by atoms with Crippen molar-refractivity contribution < 1.29 is 26.7 Å². The van der Waals surface area contributed by atoms with Gasteiger partial charge in [-0.2, -0.15) is 8.42 Å². The van der Waals surface area contributed by atoms with Gasteiger partial charge in [0.1, 0.15) is 6.10 Å². The van der Waals surface area contributed by atoms with E-state index >= 15 is 0 Å². The van der Waals surface area contributed by atoms with Gasteiger partial charge in [0.05, 0.1) is 23.8 Å². The molecule has 1 rings (SSSR count). The molecule has 9 nitrogen and oxygen atoms in total. The Labute approximate surface area is 193 Å². The van der Waals surface area contributed by atoms with Gasteiger partial charge in [-0.25, -0.2) is 0 Å². The number of alkyl halides is 2. The monoisotopic (exact) mass is 514 g/mol. The second-order valence-corrected chi connectivity index (χ2v) is 16.1. The highest BCUT2D eigenvalue weighted by atomic mass is 35.5. The first-order valence-electron chi connectivity index (χ1n) is 9.30. The van der Waals surface area contributed by atoms with Gasteiger partial charge in [0.15, 0.2) is 13.2 Å². The number of carbonyl (C=O) groups is 1. The van der Waals surface area contributed by atoms with E-state index < -0.39 is 46.2 Å². The molecule has 31 heavy (non-hydrogen) atoms. The molecule has 0 aliphatic carbocycles. The highest BCUT2D eigenvalue weighted by Crippen LogP contribution is 2.37. The molecule has 1 aromatic rings. The number of benzene rings is 1. The van der Waals surface area contributed by atoms with Crippen LogP contribution < -0.4 is 5.32 Å². The molecule has 0 spiro atoms. The molecule has 1 N–H and O–H groups in total. The van der Waals surface area contributed by atoms with E-state index in [1.54, 1.807) is 0 Å². The Morgan fingerprint density at radius 3 is 2.13 bits per heavy atom. The van der Waals surface area contributed by atoms with Crippen molar-refractivity contribution in [2.24, 2.45) is 0 Å². The first-order valence-corrected chi connectivity index (χ1v) is 14.9. The third-order valence-corrected chi connectivity index (χ3v) is 10.5. The van der Waals surface area contributed by atoms with Crippen LogP contribution in [0.2, 0.25) is 18.1 Å². The molecule has 1 amide bonds. The maximum atomic E-state index is 12.2. The van der Waals surface area contributed by atoms with Crippen LogP contribution in [0.3, 0.4) is 0 Å². The van der Waals surface area contributed by atoms with Crippen LogP contribution in [0.1, 0.15) is 32.4 Å². The molecule has 0 fully saturated rings. The summed E-state index contributed by atoms with van der Waals surface area (Å²) in [4.78, 5) is 21.2. The summed E-state index contributed by atoms with van der Waals surface area (Å²) < 4.78 is 35.3. The lowest BCUT2D eigenvalue weighted by Crippen LogP contribution is -2.50. The number of non-ortho nitro benzene ring substituents is 1. The van der Waals surface area contributed by atoms with Crippen molar-refractivity contribution in [2.75, 3.05) is 12.9 Å². The molecule has 0 bridgehead atoms. The number of nitrogens with zero attached hydrogens (tertiary/aromatic N) is 1. The predicted octanol–water partition coefficient (Wildman–Crippen LogP) is 3.92. The van der Waals surface area contributed by atoms with Gasteiger partial charge < -0.3 is 9.74 Å². The SMILES string of the molecule is CC(C)(C)[Si](C)(C)OC[C@@H](NC(=O)C(Cl)Cl)[C@H](OS(C)(=O)=O)c1ccc([N+](=O)[O-])cc1. The summed E-state index contributed by atoms with van der Waals surface area (Å²) in [7, 11) is -6.26. The van der Waals surface area contributed by atoms with Crippen LogP contribution in [-0.2, 0) is 23.5 Å². The lowest BCUT2D eigenvalue weighted by Gasteiger charge is -2.38. The molecule has 176 valence electrons. The average molecular weight is 515 g/mol. The van der Waals surface area contributed by atoms with E-state index in [0.29, 0.717) is 5.56 Å². The van der Waals surface area contributed by atoms with Gasteiger partial charge >= 0.3 is 0 Å². The van der Waals surface area contributed by atoms with Crippen LogP contribution in [0, 0.1) is 10.1 Å². The van der Waals surface area contributed by atoms with Crippen LogP contribution in [0.4, 0.5) is 5.69 Å². The number of rotatable bonds is 10. The number of halogens is 2. The largest absolute Gasteiger partial charge is 0.415 e. The Bertz CT molecular complexity index is 887. The molecule has 0 saturated carbocycles. The van der Waals surface area contributed by atoms with Crippen LogP contribution >= 0.6 is 23.2 Å². The van der Waals surface area contributed by atoms with E-state index in [2.05, 4.69) is 5.32 Å². The van der Waals surface area contributed by atoms with Crippen molar-refractivity contribution in [2.45, 2.75) is 55.9 Å². The molecule has 0 radical (unpaired) electrons. The first kappa shape index (κ1) is 27.8. The van der Waals surface area contributed by atoms with E-state index in [0.717, 1.165) is 6.26 Å². The minimum Gasteiger partial charge on any atom is -0.415 e. The second kappa shape index (κ2) is 10.6. The Hall–Kier alpha value is -1.24. The smallest absolute Gasteiger partial charge is 0.269 e. The van der Waals surface area contributed by atoms with Gasteiger partial charge in [0.25, 0.3) is 21.7 Å². The van der Waals surface area contributed by atoms with Crippen LogP contribution in [0.15, 0.2) is 24.3 Å². The Morgan fingerprint density at radius 2 is 1.74 bits per heavy atom. The summed E-state index contributed by atoms with van der Waals surface area (Å²) in [5.41, 5.74) is 0.113. The Morgan fingerprint density at radius 1 is 1.23 bits per heavy atom. The fraction of sp³-hybridized carbons (Fsp3) is 0.611. The number of hydrogen-bond acceptors (Lipinski definition) is 7. The number of nitro groups is 1. The van der Waals surface area contributed by atoms with E-state index in [9.17, 15) is 23.3 Å². The summed E-state index contributed by atoms with van der Waals surface area (Å²) in [6, 6.07) is 4.16. The standard InChI is InChI=1S/C18H28Cl2N2O7SSi/c1-18(2,3)31(5,6)28-11-14(21-17(23)16(19)20)15(29-30(4,26)27)12-7-9-13(10-8-12)22(24)25/h7-10,14-16H,11H2,1-6H3,(H,21,23)/t14-,15-/m1/s1. The summed E-state index contributed by atoms with van der Waals surface area (Å²) >= 11 is 11.3. The van der Waals surface area contributed by atoms with Gasteiger partial charge in [-0.3, -0.25) is 19.1 Å². The van der Waals surface area contributed by atoms with Crippen LogP contribution in [-0.4, -0.2) is 51.3 Å². The van der Waals surface area contributed by atoms with Gasteiger partial charge in [0, 0.05) is 12.1 Å². The van der Waals surface area contributed by atoms with E-state index in [-0.39, 0.29) is 17.3 Å². The zero-order valence-corrected chi connectivity index (χ0v) is 21.5. The van der Waals surface area contributed by atoms with Gasteiger partial charge in [-0.05, 0) is 35.8 Å². The Balaban J connectivity index is 3.38. The van der Waals surface area contributed by atoms with Crippen LogP contribution in [0.25, 0.3) is 0 Å². The van der Waals surface area contributed by atoms with Crippen LogP contribution in [0.5, 0.6) is 0 Å². The molecule has 0 unspecified atom stereocenters. The number of amides is 1. The van der Waals surface area contributed by atoms with E-state index in [4.69, 9.17) is 31.8 Å². The van der Waals surface area contributed by atoms with Crippen molar-refractivity contribution >= 4 is 53.2 Å². The van der Waals surface area contributed by atoms with E-state index in [1.165, 1.54) is 24.3 Å². The zero-order chi connectivity index (χ0) is 24.2. The molecule has 0 saturated heterocycles. The fourth-order valence-electron chi connectivity index (χ4n) is 2.29. The Kier molecular flexibility index (Phi) is 9.49. The second-order valence-electron chi connectivity index (χ2n) is 8.56. The molecule has 1 aromatic carbocycles. The van der Waals surface area contributed by atoms with Crippen molar-refractivity contribution in [3.05, 3.63) is 39.9 Å². The molecule has 0 aromatic heterocycles. The molecule has 0 aliphatic heterocycles.